The van der Waals surface area contributed by atoms with E-state index in [2.05, 4.69) is 5.32 Å². The zero-order valence-electron chi connectivity index (χ0n) is 17.5. The van der Waals surface area contributed by atoms with Gasteiger partial charge in [-0.15, -0.1) is 0 Å². The van der Waals surface area contributed by atoms with Crippen LogP contribution in [0.3, 0.4) is 0 Å². The fourth-order valence-corrected chi connectivity index (χ4v) is 5.12. The molecule has 8 nitrogen and oxygen atoms in total. The first-order valence-electron chi connectivity index (χ1n) is 10.2. The molecule has 1 amide bonds. The summed E-state index contributed by atoms with van der Waals surface area (Å²) in [6.07, 6.45) is 1.81. The molecule has 0 spiro atoms. The van der Waals surface area contributed by atoms with E-state index in [4.69, 9.17) is 0 Å². The number of amides is 1. The van der Waals surface area contributed by atoms with Gasteiger partial charge in [-0.2, -0.15) is 4.31 Å². The number of hydrogen-bond donors (Lipinski definition) is 1. The second-order valence-electron chi connectivity index (χ2n) is 7.49. The first kappa shape index (κ1) is 22.4. The predicted molar refractivity (Wildman–Crippen MR) is 124 cm³/mol. The van der Waals surface area contributed by atoms with Crippen LogP contribution in [0.1, 0.15) is 15.9 Å². The minimum absolute atomic E-state index is 0.0523. The highest BCUT2D eigenvalue weighted by molar-refractivity contribution is 7.89. The summed E-state index contributed by atoms with van der Waals surface area (Å²) in [4.78, 5) is 23.4. The highest BCUT2D eigenvalue weighted by Gasteiger charge is 2.32. The third kappa shape index (κ3) is 4.84. The maximum atomic E-state index is 13.2. The van der Waals surface area contributed by atoms with Gasteiger partial charge in [-0.05, 0) is 35.4 Å². The molecular formula is C24H21N3O5S. The average Bonchev–Trinajstić information content (AvgIpc) is 2.85. The number of carbonyl (C=O) groups is 1. The van der Waals surface area contributed by atoms with Gasteiger partial charge in [0.2, 0.25) is 10.0 Å². The molecule has 0 aliphatic carbocycles. The van der Waals surface area contributed by atoms with Gasteiger partial charge in [-0.25, -0.2) is 8.42 Å². The van der Waals surface area contributed by atoms with Gasteiger partial charge >= 0.3 is 0 Å². The molecule has 4 rings (SSSR count). The molecule has 9 heteroatoms. The fraction of sp³-hybridized carbons (Fsp3) is 0.125. The summed E-state index contributed by atoms with van der Waals surface area (Å²) in [6.45, 7) is 0.224. The molecule has 1 atom stereocenters. The van der Waals surface area contributed by atoms with Crippen molar-refractivity contribution in [1.82, 2.24) is 9.62 Å². The maximum absolute atomic E-state index is 13.2. The smallest absolute Gasteiger partial charge is 0.269 e. The number of non-ortho nitro benzene ring substituents is 1. The highest BCUT2D eigenvalue weighted by atomic mass is 32.2. The van der Waals surface area contributed by atoms with E-state index in [0.717, 1.165) is 11.1 Å². The largest absolute Gasteiger partial charge is 0.344 e. The van der Waals surface area contributed by atoms with Gasteiger partial charge in [-0.3, -0.25) is 14.9 Å². The van der Waals surface area contributed by atoms with Crippen molar-refractivity contribution in [2.24, 2.45) is 0 Å². The summed E-state index contributed by atoms with van der Waals surface area (Å²) >= 11 is 0. The van der Waals surface area contributed by atoms with Crippen molar-refractivity contribution in [2.75, 3.05) is 13.1 Å². The van der Waals surface area contributed by atoms with Crippen molar-refractivity contribution in [3.05, 3.63) is 112 Å². The average molecular weight is 464 g/mol. The molecule has 3 aromatic carbocycles. The van der Waals surface area contributed by atoms with Gasteiger partial charge in [0.25, 0.3) is 11.6 Å². The molecule has 1 heterocycles. The predicted octanol–water partition coefficient (Wildman–Crippen LogP) is 3.48. The lowest BCUT2D eigenvalue weighted by Gasteiger charge is -2.33. The zero-order valence-corrected chi connectivity index (χ0v) is 18.3. The van der Waals surface area contributed by atoms with Gasteiger partial charge in [0.1, 0.15) is 0 Å². The number of sulfonamides is 1. The zero-order chi connectivity index (χ0) is 23.4. The van der Waals surface area contributed by atoms with Gasteiger partial charge in [-0.1, -0.05) is 54.6 Å². The summed E-state index contributed by atoms with van der Waals surface area (Å²) in [5.74, 6) is -0.448. The lowest BCUT2D eigenvalue weighted by molar-refractivity contribution is -0.384. The molecule has 1 aliphatic rings. The van der Waals surface area contributed by atoms with Crippen LogP contribution in [0.2, 0.25) is 0 Å². The molecule has 0 radical (unpaired) electrons. The fourth-order valence-electron chi connectivity index (χ4n) is 3.71. The second kappa shape index (κ2) is 9.35. The Balaban J connectivity index is 1.63. The molecule has 0 bridgehead atoms. The molecule has 0 saturated carbocycles. The molecule has 1 unspecified atom stereocenters. The SMILES string of the molecule is O=C(NC1CN(S(=O)(=O)c2ccccc2)CC=C1c1ccccc1)c1ccc([N+](=O)[O-])cc1. The summed E-state index contributed by atoms with van der Waals surface area (Å²) in [7, 11) is -3.75. The topological polar surface area (TPSA) is 110 Å². The van der Waals surface area contributed by atoms with E-state index < -0.39 is 26.9 Å². The van der Waals surface area contributed by atoms with Crippen LogP contribution in [0.5, 0.6) is 0 Å². The quantitative estimate of drug-likeness (QED) is 0.445. The Morgan fingerprint density at radius 2 is 1.55 bits per heavy atom. The van der Waals surface area contributed by atoms with Crippen LogP contribution in [0.15, 0.2) is 95.9 Å². The molecule has 0 saturated heterocycles. The Labute approximate surface area is 191 Å². The van der Waals surface area contributed by atoms with Crippen molar-refractivity contribution in [3.8, 4) is 0 Å². The lowest BCUT2D eigenvalue weighted by Crippen LogP contribution is -2.49. The van der Waals surface area contributed by atoms with Crippen LogP contribution in [0.4, 0.5) is 5.69 Å². The normalized spacial score (nSPS) is 16.6. The first-order valence-corrected chi connectivity index (χ1v) is 11.7. The van der Waals surface area contributed by atoms with E-state index in [-0.39, 0.29) is 29.2 Å². The first-order chi connectivity index (χ1) is 15.9. The van der Waals surface area contributed by atoms with Crippen molar-refractivity contribution in [1.29, 1.82) is 0 Å². The van der Waals surface area contributed by atoms with E-state index in [1.54, 1.807) is 24.3 Å². The number of rotatable bonds is 6. The molecule has 168 valence electrons. The van der Waals surface area contributed by atoms with Gasteiger partial charge in [0, 0.05) is 30.8 Å². The van der Waals surface area contributed by atoms with Crippen LogP contribution < -0.4 is 5.32 Å². The monoisotopic (exact) mass is 463 g/mol. The van der Waals surface area contributed by atoms with Crippen molar-refractivity contribution in [3.63, 3.8) is 0 Å². The number of nitro benzene ring substituents is 1. The van der Waals surface area contributed by atoms with Crippen LogP contribution >= 0.6 is 0 Å². The third-order valence-electron chi connectivity index (χ3n) is 5.41. The third-order valence-corrected chi connectivity index (χ3v) is 7.26. The number of benzene rings is 3. The summed E-state index contributed by atoms with van der Waals surface area (Å²) in [5, 5.41) is 13.8. The molecular weight excluding hydrogens is 442 g/mol. The van der Waals surface area contributed by atoms with Crippen LogP contribution in [0.25, 0.3) is 5.57 Å². The van der Waals surface area contributed by atoms with E-state index in [9.17, 15) is 23.3 Å². The lowest BCUT2D eigenvalue weighted by atomic mass is 9.95. The minimum Gasteiger partial charge on any atom is -0.344 e. The van der Waals surface area contributed by atoms with Crippen LogP contribution in [-0.4, -0.2) is 42.7 Å². The van der Waals surface area contributed by atoms with Crippen molar-refractivity contribution in [2.45, 2.75) is 10.9 Å². The number of nitrogens with one attached hydrogen (secondary N) is 1. The molecule has 0 aromatic heterocycles. The minimum atomic E-state index is -3.75. The van der Waals surface area contributed by atoms with E-state index >= 15 is 0 Å². The van der Waals surface area contributed by atoms with Crippen molar-refractivity contribution >= 4 is 27.2 Å². The van der Waals surface area contributed by atoms with Crippen LogP contribution in [-0.2, 0) is 10.0 Å². The Morgan fingerprint density at radius 3 is 2.15 bits per heavy atom. The highest BCUT2D eigenvalue weighted by Crippen LogP contribution is 2.27. The second-order valence-corrected chi connectivity index (χ2v) is 9.43. The Bertz CT molecular complexity index is 1290. The maximum Gasteiger partial charge on any atom is 0.269 e. The number of nitro groups is 1. The molecule has 1 aliphatic heterocycles. The number of carbonyl (C=O) groups excluding carboxylic acids is 1. The number of nitrogens with zero attached hydrogens (tertiary/aromatic N) is 2. The Kier molecular flexibility index (Phi) is 6.34. The van der Waals surface area contributed by atoms with Crippen LogP contribution in [0, 0.1) is 10.1 Å². The molecule has 0 fully saturated rings. The van der Waals surface area contributed by atoms with E-state index in [1.807, 2.05) is 30.3 Å². The van der Waals surface area contributed by atoms with E-state index in [1.165, 1.54) is 40.7 Å². The Hall–Kier alpha value is -3.82. The van der Waals surface area contributed by atoms with Gasteiger partial charge in [0.05, 0.1) is 15.9 Å². The Morgan fingerprint density at radius 1 is 0.939 bits per heavy atom. The number of hydrogen-bond acceptors (Lipinski definition) is 5. The van der Waals surface area contributed by atoms with Gasteiger partial charge in [0.15, 0.2) is 0 Å². The van der Waals surface area contributed by atoms with Gasteiger partial charge < -0.3 is 5.32 Å². The molecule has 1 N–H and O–H groups in total. The summed E-state index contributed by atoms with van der Waals surface area (Å²) in [6, 6.07) is 22.2. The van der Waals surface area contributed by atoms with E-state index in [0.29, 0.717) is 0 Å². The summed E-state index contributed by atoms with van der Waals surface area (Å²) < 4.78 is 27.6. The molecule has 33 heavy (non-hydrogen) atoms. The molecule has 3 aromatic rings. The summed E-state index contributed by atoms with van der Waals surface area (Å²) in [5.41, 5.74) is 1.82. The standard InChI is InChI=1S/C24H21N3O5S/c28-24(19-11-13-20(14-12-19)27(29)30)25-23-17-26(33(31,32)21-9-5-2-6-10-21)16-15-22(23)18-7-3-1-4-8-18/h1-15,23H,16-17H2,(H,25,28). The van der Waals surface area contributed by atoms with Crippen molar-refractivity contribution < 1.29 is 18.1 Å².